The third-order valence-corrected chi connectivity index (χ3v) is 7.23. The maximum Gasteiger partial charge on any atom is 0.394 e. The molecule has 2 aliphatic rings. The second-order valence-electron chi connectivity index (χ2n) is 9.05. The van der Waals surface area contributed by atoms with E-state index < -0.39 is 16.0 Å². The first-order chi connectivity index (χ1) is 16.7. The van der Waals surface area contributed by atoms with Gasteiger partial charge in [0, 0.05) is 5.56 Å². The van der Waals surface area contributed by atoms with Gasteiger partial charge < -0.3 is 14.6 Å². The summed E-state index contributed by atoms with van der Waals surface area (Å²) in [6.07, 6.45) is 2.13. The minimum absolute atomic E-state index is 0.230. The van der Waals surface area contributed by atoms with Gasteiger partial charge in [0.25, 0.3) is 5.24 Å². The van der Waals surface area contributed by atoms with Gasteiger partial charge in [0.15, 0.2) is 0 Å². The average Bonchev–Trinajstić information content (AvgIpc) is 3.11. The van der Waals surface area contributed by atoms with E-state index in [2.05, 4.69) is 5.32 Å². The Morgan fingerprint density at radius 2 is 1.72 bits per heavy atom. The summed E-state index contributed by atoms with van der Waals surface area (Å²) < 4.78 is 44.0. The molecule has 12 heteroatoms. The van der Waals surface area contributed by atoms with Gasteiger partial charge in [-0.1, -0.05) is 23.9 Å². The number of fused-ring (bicyclic) bond motifs is 1. The zero-order valence-electron chi connectivity index (χ0n) is 20.3. The number of phenols is 1. The van der Waals surface area contributed by atoms with Crippen molar-refractivity contribution in [2.24, 2.45) is 0 Å². The van der Waals surface area contributed by atoms with E-state index in [-0.39, 0.29) is 16.4 Å². The SMILES string of the molecule is Cc1c(C)c2c(c(C)c1O)CCC(C)(COc1ccc(CC3SC(=O)NC3=O)cc1)O2.O=S(=O)(O)O. The highest BCUT2D eigenvalue weighted by atomic mass is 32.3. The molecule has 0 spiro atoms. The van der Waals surface area contributed by atoms with Crippen LogP contribution in [-0.2, 0) is 28.0 Å². The van der Waals surface area contributed by atoms with E-state index in [0.29, 0.717) is 18.8 Å². The number of carbonyl (C=O) groups is 2. The number of ether oxygens (including phenoxy) is 2. The third-order valence-electron chi connectivity index (χ3n) is 6.25. The topological polar surface area (TPSA) is 159 Å². The Balaban J connectivity index is 0.000000658. The van der Waals surface area contributed by atoms with Crippen molar-refractivity contribution >= 4 is 33.3 Å². The van der Waals surface area contributed by atoms with E-state index in [9.17, 15) is 14.7 Å². The highest BCUT2D eigenvalue weighted by molar-refractivity contribution is 8.15. The number of phenolic OH excluding ortho intramolecular Hbond substituents is 1. The van der Waals surface area contributed by atoms with E-state index >= 15 is 0 Å². The predicted molar refractivity (Wildman–Crippen MR) is 134 cm³/mol. The lowest BCUT2D eigenvalue weighted by Gasteiger charge is -2.37. The van der Waals surface area contributed by atoms with Crippen molar-refractivity contribution < 1.29 is 41.7 Å². The van der Waals surface area contributed by atoms with E-state index in [1.165, 1.54) is 0 Å². The van der Waals surface area contributed by atoms with Gasteiger partial charge in [0.2, 0.25) is 5.91 Å². The van der Waals surface area contributed by atoms with Crippen LogP contribution in [0.5, 0.6) is 17.2 Å². The van der Waals surface area contributed by atoms with Crippen LogP contribution in [0.2, 0.25) is 0 Å². The molecule has 2 unspecified atom stereocenters. The maximum atomic E-state index is 11.7. The van der Waals surface area contributed by atoms with Crippen molar-refractivity contribution in [3.8, 4) is 17.2 Å². The Morgan fingerprint density at radius 3 is 2.28 bits per heavy atom. The van der Waals surface area contributed by atoms with Crippen LogP contribution in [0.1, 0.15) is 41.2 Å². The van der Waals surface area contributed by atoms with Crippen LogP contribution in [0, 0.1) is 20.8 Å². The first-order valence-corrected chi connectivity index (χ1v) is 13.4. The zero-order valence-corrected chi connectivity index (χ0v) is 22.0. The number of rotatable bonds is 5. The number of thioether (sulfide) groups is 1. The second kappa shape index (κ2) is 10.7. The Hall–Kier alpha value is -2.80. The number of aromatic hydroxyl groups is 1. The standard InChI is InChI=1S/C24H27NO5S.H2O4S/c1-13-14(2)21-18(15(3)20(13)26)9-10-24(4,30-21)12-29-17-7-5-16(6-8-17)11-19-22(27)25-23(28)31-19;1-5(2,3)4/h5-8,19,26H,9-12H2,1-4H3,(H,25,27,28);(H2,1,2,3,4). The Bertz CT molecular complexity index is 1270. The second-order valence-corrected chi connectivity index (χ2v) is 11.1. The molecule has 196 valence electrons. The summed E-state index contributed by atoms with van der Waals surface area (Å²) in [6.45, 7) is 8.28. The largest absolute Gasteiger partial charge is 0.507 e. The van der Waals surface area contributed by atoms with E-state index in [0.717, 1.165) is 63.9 Å². The van der Waals surface area contributed by atoms with E-state index in [1.807, 2.05) is 52.0 Å². The van der Waals surface area contributed by atoms with Crippen LogP contribution in [0.15, 0.2) is 24.3 Å². The molecule has 1 saturated heterocycles. The molecule has 0 bridgehead atoms. The lowest BCUT2D eigenvalue weighted by Crippen LogP contribution is -2.42. The number of carbonyl (C=O) groups excluding carboxylic acids is 2. The highest BCUT2D eigenvalue weighted by Gasteiger charge is 2.35. The first kappa shape index (κ1) is 27.8. The fourth-order valence-corrected chi connectivity index (χ4v) is 4.96. The molecule has 2 amide bonds. The van der Waals surface area contributed by atoms with E-state index in [1.54, 1.807) is 0 Å². The van der Waals surface area contributed by atoms with Gasteiger partial charge in [-0.25, -0.2) is 0 Å². The average molecular weight is 540 g/mol. The van der Waals surface area contributed by atoms with Gasteiger partial charge in [-0.2, -0.15) is 8.42 Å². The van der Waals surface area contributed by atoms with Crippen molar-refractivity contribution in [1.82, 2.24) is 5.32 Å². The van der Waals surface area contributed by atoms with Crippen molar-refractivity contribution in [1.29, 1.82) is 0 Å². The van der Waals surface area contributed by atoms with Crippen LogP contribution in [0.3, 0.4) is 0 Å². The van der Waals surface area contributed by atoms with Crippen LogP contribution < -0.4 is 14.8 Å². The van der Waals surface area contributed by atoms with Gasteiger partial charge >= 0.3 is 10.4 Å². The Labute approximate surface area is 214 Å². The van der Waals surface area contributed by atoms with Crippen molar-refractivity contribution in [3.05, 3.63) is 52.1 Å². The van der Waals surface area contributed by atoms with Gasteiger partial charge in [-0.15, -0.1) is 0 Å². The number of hydrogen-bond acceptors (Lipinski definition) is 8. The predicted octanol–water partition coefficient (Wildman–Crippen LogP) is 3.72. The number of benzene rings is 2. The Morgan fingerprint density at radius 1 is 1.11 bits per heavy atom. The lowest BCUT2D eigenvalue weighted by molar-refractivity contribution is -0.118. The van der Waals surface area contributed by atoms with Gasteiger partial charge in [0.05, 0.1) is 5.25 Å². The quantitative estimate of drug-likeness (QED) is 0.412. The molecule has 2 aromatic carbocycles. The summed E-state index contributed by atoms with van der Waals surface area (Å²) in [5.41, 5.74) is 4.31. The maximum absolute atomic E-state index is 11.7. The normalized spacial score (nSPS) is 21.1. The van der Waals surface area contributed by atoms with Crippen molar-refractivity contribution in [2.45, 2.75) is 57.8 Å². The molecule has 4 rings (SSSR count). The molecule has 0 aliphatic carbocycles. The fraction of sp³-hybridized carbons (Fsp3) is 0.417. The first-order valence-electron chi connectivity index (χ1n) is 11.1. The summed E-state index contributed by atoms with van der Waals surface area (Å²) in [5.74, 6) is 1.72. The number of imide groups is 1. The van der Waals surface area contributed by atoms with E-state index in [4.69, 9.17) is 27.0 Å². The highest BCUT2D eigenvalue weighted by Crippen LogP contribution is 2.43. The molecule has 2 aliphatic heterocycles. The number of amides is 2. The van der Waals surface area contributed by atoms with Crippen LogP contribution in [-0.4, -0.2) is 51.2 Å². The fourth-order valence-electron chi connectivity index (χ4n) is 4.10. The minimum atomic E-state index is -4.67. The Kier molecular flexibility index (Phi) is 8.23. The molecule has 2 aromatic rings. The number of hydrogen-bond donors (Lipinski definition) is 4. The molecule has 36 heavy (non-hydrogen) atoms. The van der Waals surface area contributed by atoms with Crippen LogP contribution in [0.25, 0.3) is 0 Å². The summed E-state index contributed by atoms with van der Waals surface area (Å²) >= 11 is 1.04. The number of nitrogens with one attached hydrogen (secondary N) is 1. The van der Waals surface area contributed by atoms with Crippen LogP contribution >= 0.6 is 11.8 Å². The molecular weight excluding hydrogens is 510 g/mol. The van der Waals surface area contributed by atoms with Gasteiger partial charge in [-0.3, -0.25) is 24.0 Å². The molecule has 10 nitrogen and oxygen atoms in total. The third kappa shape index (κ3) is 6.90. The summed E-state index contributed by atoms with van der Waals surface area (Å²) in [5, 5.41) is 12.0. The van der Waals surface area contributed by atoms with Crippen LogP contribution in [0.4, 0.5) is 4.79 Å². The molecule has 0 radical (unpaired) electrons. The van der Waals surface area contributed by atoms with Crippen molar-refractivity contribution in [2.75, 3.05) is 6.61 Å². The van der Waals surface area contributed by atoms with Gasteiger partial charge in [0.1, 0.15) is 29.5 Å². The smallest absolute Gasteiger partial charge is 0.394 e. The summed E-state index contributed by atoms with van der Waals surface area (Å²) in [6, 6.07) is 7.61. The van der Waals surface area contributed by atoms with Crippen molar-refractivity contribution in [3.63, 3.8) is 0 Å². The lowest BCUT2D eigenvalue weighted by atomic mass is 9.87. The molecule has 0 aromatic heterocycles. The van der Waals surface area contributed by atoms with Gasteiger partial charge in [-0.05, 0) is 81.3 Å². The molecule has 1 fully saturated rings. The summed E-state index contributed by atoms with van der Waals surface area (Å²) in [7, 11) is -4.67. The zero-order chi connectivity index (χ0) is 26.8. The minimum Gasteiger partial charge on any atom is -0.507 e. The summed E-state index contributed by atoms with van der Waals surface area (Å²) in [4.78, 5) is 23.0. The monoisotopic (exact) mass is 539 g/mol. The molecule has 4 N–H and O–H groups in total. The molecule has 2 atom stereocenters. The molecular formula is C24H29NO9S2. The molecule has 0 saturated carbocycles. The molecule has 2 heterocycles.